The van der Waals surface area contributed by atoms with Crippen molar-refractivity contribution in [3.05, 3.63) is 70.8 Å². The molecule has 0 radical (unpaired) electrons. The Morgan fingerprint density at radius 3 is 2.20 bits per heavy atom. The molecule has 2 aromatic carbocycles. The molecule has 0 bridgehead atoms. The number of nitrogens with zero attached hydrogens (tertiary/aromatic N) is 1. The molecule has 1 atom stereocenters. The Bertz CT molecular complexity index is 1020. The number of carbonyl (C=O) groups is 3. The molecule has 0 aliphatic carbocycles. The van der Waals surface area contributed by atoms with Gasteiger partial charge in [-0.3, -0.25) is 14.5 Å². The maximum absolute atomic E-state index is 12.6. The minimum atomic E-state index is -0.985. The van der Waals surface area contributed by atoms with Gasteiger partial charge in [0.2, 0.25) is 5.91 Å². The van der Waals surface area contributed by atoms with Crippen molar-refractivity contribution in [2.75, 3.05) is 45.3 Å². The molecule has 0 unspecified atom stereocenters. The lowest BCUT2D eigenvalue weighted by Crippen LogP contribution is -2.49. The Hall–Kier alpha value is -3.01. The van der Waals surface area contributed by atoms with Crippen LogP contribution in [0, 0.1) is 0 Å². The third kappa shape index (κ3) is 8.61. The number of nitrogens with one attached hydrogen (secondary N) is 2. The van der Waals surface area contributed by atoms with E-state index in [4.69, 9.17) is 9.47 Å². The lowest BCUT2D eigenvalue weighted by molar-refractivity contribution is -0.142. The Morgan fingerprint density at radius 1 is 1.03 bits per heavy atom. The number of benzene rings is 2. The van der Waals surface area contributed by atoms with Crippen LogP contribution in [-0.4, -0.2) is 74.0 Å². The number of alkyl halides is 1. The second kappa shape index (κ2) is 13.8. The first kappa shape index (κ1) is 26.6. The molecular formula is C26H30BrN3O5. The molecule has 1 saturated heterocycles. The fraction of sp³-hybridized carbons (Fsp3) is 0.346. The van der Waals surface area contributed by atoms with Gasteiger partial charge in [-0.05, 0) is 28.8 Å². The second-order valence-corrected chi connectivity index (χ2v) is 8.63. The monoisotopic (exact) mass is 543 g/mol. The van der Waals surface area contributed by atoms with Crippen LogP contribution in [0.2, 0.25) is 0 Å². The van der Waals surface area contributed by atoms with Gasteiger partial charge >= 0.3 is 5.97 Å². The summed E-state index contributed by atoms with van der Waals surface area (Å²) >= 11 is 3.04. The lowest BCUT2D eigenvalue weighted by Gasteiger charge is -2.26. The van der Waals surface area contributed by atoms with E-state index in [0.717, 1.165) is 44.0 Å². The Morgan fingerprint density at radius 2 is 1.63 bits per heavy atom. The summed E-state index contributed by atoms with van der Waals surface area (Å²) in [6.07, 6.45) is 4.00. The average molecular weight is 544 g/mol. The molecule has 0 aromatic heterocycles. The molecule has 1 heterocycles. The molecule has 2 N–H and O–H groups in total. The summed E-state index contributed by atoms with van der Waals surface area (Å²) in [4.78, 5) is 38.4. The number of hydrogen-bond acceptors (Lipinski definition) is 6. The fourth-order valence-corrected chi connectivity index (χ4v) is 3.73. The first-order chi connectivity index (χ1) is 17.0. The van der Waals surface area contributed by atoms with Crippen molar-refractivity contribution in [1.82, 2.24) is 15.5 Å². The van der Waals surface area contributed by atoms with E-state index in [0.29, 0.717) is 5.56 Å². The summed E-state index contributed by atoms with van der Waals surface area (Å²) in [5, 5.41) is 5.25. The van der Waals surface area contributed by atoms with Gasteiger partial charge in [-0.1, -0.05) is 64.5 Å². The minimum absolute atomic E-state index is 0.0606. The Balaban J connectivity index is 1.54. The van der Waals surface area contributed by atoms with Crippen LogP contribution < -0.4 is 10.6 Å². The maximum Gasteiger partial charge on any atom is 0.330 e. The molecule has 3 rings (SSSR count). The smallest absolute Gasteiger partial charge is 0.330 e. The van der Waals surface area contributed by atoms with Crippen molar-refractivity contribution in [3.63, 3.8) is 0 Å². The van der Waals surface area contributed by atoms with Gasteiger partial charge in [-0.2, -0.15) is 0 Å². The standard InChI is InChI=1S/C26H30BrN3O5/c1-34-26(33)23(17-28-24(31)16-27)29-25(32)22-10-8-20(9-11-22)3-2-19-4-6-21(7-5-19)18-30-12-14-35-15-13-30/h2-11,23H,12-18H2,1H3,(H,28,31)(H,29,32)/b3-2+/t23-/m0/s1. The summed E-state index contributed by atoms with van der Waals surface area (Å²) < 4.78 is 10.1. The van der Waals surface area contributed by atoms with Crippen molar-refractivity contribution in [3.8, 4) is 0 Å². The Kier molecular flexibility index (Phi) is 10.5. The van der Waals surface area contributed by atoms with Crippen LogP contribution in [0.25, 0.3) is 12.2 Å². The number of esters is 1. The van der Waals surface area contributed by atoms with Crippen molar-refractivity contribution in [1.29, 1.82) is 0 Å². The van der Waals surface area contributed by atoms with Gasteiger partial charge in [0, 0.05) is 31.7 Å². The number of amides is 2. The SMILES string of the molecule is COC(=O)[C@H](CNC(=O)CBr)NC(=O)c1ccc(/C=C/c2ccc(CN3CCOCC3)cc2)cc1. The molecule has 1 aliphatic heterocycles. The maximum atomic E-state index is 12.6. The number of carbonyl (C=O) groups excluding carboxylic acids is 3. The van der Waals surface area contributed by atoms with Crippen LogP contribution in [0.15, 0.2) is 48.5 Å². The zero-order valence-electron chi connectivity index (χ0n) is 19.7. The molecule has 1 fully saturated rings. The van der Waals surface area contributed by atoms with E-state index < -0.39 is 17.9 Å². The van der Waals surface area contributed by atoms with Crippen molar-refractivity contribution < 1.29 is 23.9 Å². The van der Waals surface area contributed by atoms with Crippen molar-refractivity contribution in [2.24, 2.45) is 0 Å². The van der Waals surface area contributed by atoms with E-state index in [2.05, 4.69) is 55.7 Å². The normalized spacial score (nSPS) is 14.9. The van der Waals surface area contributed by atoms with Gasteiger partial charge in [0.15, 0.2) is 0 Å². The van der Waals surface area contributed by atoms with Gasteiger partial charge in [0.1, 0.15) is 6.04 Å². The highest BCUT2D eigenvalue weighted by atomic mass is 79.9. The van der Waals surface area contributed by atoms with Gasteiger partial charge in [0.25, 0.3) is 5.91 Å². The molecule has 1 aliphatic rings. The number of ether oxygens (including phenoxy) is 2. The van der Waals surface area contributed by atoms with E-state index in [1.807, 2.05) is 24.3 Å². The highest BCUT2D eigenvalue weighted by molar-refractivity contribution is 9.09. The van der Waals surface area contributed by atoms with Crippen LogP contribution in [-0.2, 0) is 25.6 Å². The van der Waals surface area contributed by atoms with Gasteiger partial charge in [-0.15, -0.1) is 0 Å². The highest BCUT2D eigenvalue weighted by Crippen LogP contribution is 2.13. The van der Waals surface area contributed by atoms with E-state index in [1.54, 1.807) is 12.1 Å². The Labute approximate surface area is 213 Å². The number of halogens is 1. The second-order valence-electron chi connectivity index (χ2n) is 8.07. The fourth-order valence-electron chi connectivity index (χ4n) is 3.53. The summed E-state index contributed by atoms with van der Waals surface area (Å²) in [6, 6.07) is 14.5. The molecular weight excluding hydrogens is 514 g/mol. The minimum Gasteiger partial charge on any atom is -0.467 e. The molecule has 0 spiro atoms. The topological polar surface area (TPSA) is 97.0 Å². The zero-order chi connectivity index (χ0) is 25.0. The van der Waals surface area contributed by atoms with E-state index in [1.165, 1.54) is 12.7 Å². The molecule has 2 aromatic rings. The summed E-state index contributed by atoms with van der Waals surface area (Å²) in [7, 11) is 1.23. The largest absolute Gasteiger partial charge is 0.467 e. The van der Waals surface area contributed by atoms with Gasteiger partial charge in [-0.25, -0.2) is 4.79 Å². The van der Waals surface area contributed by atoms with Crippen LogP contribution in [0.4, 0.5) is 0 Å². The summed E-state index contributed by atoms with van der Waals surface area (Å²) in [5.41, 5.74) is 3.70. The number of methoxy groups -OCH3 is 1. The molecule has 35 heavy (non-hydrogen) atoms. The predicted molar refractivity (Wildman–Crippen MR) is 138 cm³/mol. The van der Waals surface area contributed by atoms with Crippen LogP contribution in [0.3, 0.4) is 0 Å². The molecule has 8 nitrogen and oxygen atoms in total. The molecule has 2 amide bonds. The summed E-state index contributed by atoms with van der Waals surface area (Å²) in [5.74, 6) is -1.36. The van der Waals surface area contributed by atoms with Crippen LogP contribution in [0.1, 0.15) is 27.0 Å². The first-order valence-corrected chi connectivity index (χ1v) is 12.5. The first-order valence-electron chi connectivity index (χ1n) is 11.4. The predicted octanol–water partition coefficient (Wildman–Crippen LogP) is 2.47. The van der Waals surface area contributed by atoms with Gasteiger partial charge < -0.3 is 20.1 Å². The number of morpholine rings is 1. The van der Waals surface area contributed by atoms with E-state index in [-0.39, 0.29) is 17.8 Å². The average Bonchev–Trinajstić information content (AvgIpc) is 2.90. The van der Waals surface area contributed by atoms with E-state index >= 15 is 0 Å². The number of hydrogen-bond donors (Lipinski definition) is 2. The third-order valence-corrected chi connectivity index (χ3v) is 6.06. The molecule has 0 saturated carbocycles. The van der Waals surface area contributed by atoms with Crippen LogP contribution >= 0.6 is 15.9 Å². The quantitative estimate of drug-likeness (QED) is 0.271. The lowest BCUT2D eigenvalue weighted by atomic mass is 10.1. The zero-order valence-corrected chi connectivity index (χ0v) is 21.3. The van der Waals surface area contributed by atoms with E-state index in [9.17, 15) is 14.4 Å². The number of rotatable bonds is 10. The third-order valence-electron chi connectivity index (χ3n) is 5.55. The van der Waals surface area contributed by atoms with Crippen molar-refractivity contribution in [2.45, 2.75) is 12.6 Å². The van der Waals surface area contributed by atoms with Crippen LogP contribution in [0.5, 0.6) is 0 Å². The van der Waals surface area contributed by atoms with Crippen molar-refractivity contribution >= 4 is 45.9 Å². The molecule has 9 heteroatoms. The molecule has 186 valence electrons. The summed E-state index contributed by atoms with van der Waals surface area (Å²) in [6.45, 7) is 4.39. The highest BCUT2D eigenvalue weighted by Gasteiger charge is 2.22. The van der Waals surface area contributed by atoms with Gasteiger partial charge in [0.05, 0.1) is 25.7 Å².